The number of hydrogen-bond acceptors (Lipinski definition) is 2. The number of nitrogens with one attached hydrogen (secondary N) is 1. The lowest BCUT2D eigenvalue weighted by molar-refractivity contribution is -0.139. The van der Waals surface area contributed by atoms with Gasteiger partial charge < -0.3 is 10.4 Å². The summed E-state index contributed by atoms with van der Waals surface area (Å²) in [7, 11) is 0. The zero-order valence-electron chi connectivity index (χ0n) is 10.9. The van der Waals surface area contributed by atoms with Crippen LogP contribution in [0, 0.1) is 17.3 Å². The Morgan fingerprint density at radius 2 is 1.88 bits per heavy atom. The van der Waals surface area contributed by atoms with Gasteiger partial charge in [-0.05, 0) is 42.9 Å². The van der Waals surface area contributed by atoms with E-state index < -0.39 is 5.97 Å². The first-order valence-electron chi connectivity index (χ1n) is 6.37. The molecule has 4 heteroatoms. The van der Waals surface area contributed by atoms with Gasteiger partial charge >= 0.3 is 5.97 Å². The molecule has 0 aromatic carbocycles. The molecule has 17 heavy (non-hydrogen) atoms. The molecule has 1 heterocycles. The predicted molar refractivity (Wildman–Crippen MR) is 70.5 cm³/mol. The smallest absolute Gasteiger partial charge is 0.320 e. The molecule has 0 aromatic rings. The first-order valence-corrected chi connectivity index (χ1v) is 6.37. The van der Waals surface area contributed by atoms with Gasteiger partial charge in [-0.25, -0.2) is 0 Å². The summed E-state index contributed by atoms with van der Waals surface area (Å²) in [6.07, 6.45) is 4.41. The minimum atomic E-state index is -0.679. The highest BCUT2D eigenvalue weighted by Gasteiger charge is 2.42. The van der Waals surface area contributed by atoms with Gasteiger partial charge in [0.25, 0.3) is 0 Å². The summed E-state index contributed by atoms with van der Waals surface area (Å²) >= 11 is 0. The summed E-state index contributed by atoms with van der Waals surface area (Å²) in [5.41, 5.74) is 0.367. The van der Waals surface area contributed by atoms with Crippen molar-refractivity contribution in [2.45, 2.75) is 58.5 Å². The van der Waals surface area contributed by atoms with Crippen LogP contribution in [0.25, 0.3) is 0 Å². The fourth-order valence-electron chi connectivity index (χ4n) is 3.33. The van der Waals surface area contributed by atoms with Crippen molar-refractivity contribution in [3.63, 3.8) is 0 Å². The number of fused-ring (bicyclic) bond motifs is 1. The quantitative estimate of drug-likeness (QED) is 0.763. The van der Waals surface area contributed by atoms with Gasteiger partial charge in [0.1, 0.15) is 6.04 Å². The molecule has 0 radical (unpaired) electrons. The SMILES string of the molecule is CC(C)(C)C1CCC2NC(C(=O)O)CC2C1.Cl. The number of carboxylic acid groups (broad SMARTS) is 1. The minimum Gasteiger partial charge on any atom is -0.480 e. The van der Waals surface area contributed by atoms with E-state index in [9.17, 15) is 4.79 Å². The van der Waals surface area contributed by atoms with E-state index >= 15 is 0 Å². The van der Waals surface area contributed by atoms with E-state index in [0.29, 0.717) is 17.4 Å². The maximum atomic E-state index is 11.0. The molecule has 4 atom stereocenters. The number of rotatable bonds is 1. The van der Waals surface area contributed by atoms with Crippen LogP contribution in [-0.2, 0) is 4.79 Å². The number of carbonyl (C=O) groups is 1. The van der Waals surface area contributed by atoms with E-state index in [1.54, 1.807) is 0 Å². The molecule has 0 bridgehead atoms. The molecule has 1 aliphatic carbocycles. The number of hydrogen-bond donors (Lipinski definition) is 2. The average molecular weight is 262 g/mol. The van der Waals surface area contributed by atoms with Crippen molar-refractivity contribution in [2.75, 3.05) is 0 Å². The van der Waals surface area contributed by atoms with E-state index in [-0.39, 0.29) is 18.4 Å². The monoisotopic (exact) mass is 261 g/mol. The molecule has 2 rings (SSSR count). The Balaban J connectivity index is 0.00000144. The molecule has 3 nitrogen and oxygen atoms in total. The van der Waals surface area contributed by atoms with Crippen LogP contribution in [0.5, 0.6) is 0 Å². The third kappa shape index (κ3) is 3.14. The summed E-state index contributed by atoms with van der Waals surface area (Å²) < 4.78 is 0. The standard InChI is InChI=1S/C13H23NO2.ClH/c1-13(2,3)9-4-5-10-8(6-9)7-11(14-10)12(15)16;/h8-11,14H,4-7H2,1-3H3,(H,15,16);1H. The van der Waals surface area contributed by atoms with Crippen molar-refractivity contribution in [2.24, 2.45) is 17.3 Å². The van der Waals surface area contributed by atoms with E-state index in [1.807, 2.05) is 0 Å². The van der Waals surface area contributed by atoms with E-state index in [4.69, 9.17) is 5.11 Å². The molecule has 100 valence electrons. The first-order chi connectivity index (χ1) is 7.38. The van der Waals surface area contributed by atoms with Crippen LogP contribution in [0.3, 0.4) is 0 Å². The summed E-state index contributed by atoms with van der Waals surface area (Å²) in [5.74, 6) is 0.656. The molecule has 2 aliphatic rings. The van der Waals surface area contributed by atoms with Gasteiger partial charge in [0.2, 0.25) is 0 Å². The minimum absolute atomic E-state index is 0. The van der Waals surface area contributed by atoms with E-state index in [2.05, 4.69) is 26.1 Å². The number of halogens is 1. The second kappa shape index (κ2) is 5.15. The fraction of sp³-hybridized carbons (Fsp3) is 0.923. The molecule has 2 N–H and O–H groups in total. The van der Waals surface area contributed by atoms with E-state index in [0.717, 1.165) is 18.8 Å². The second-order valence-corrected chi connectivity index (χ2v) is 6.54. The molecular formula is C13H24ClNO2. The van der Waals surface area contributed by atoms with Gasteiger partial charge in [-0.2, -0.15) is 0 Å². The third-order valence-electron chi connectivity index (χ3n) is 4.46. The van der Waals surface area contributed by atoms with Crippen LogP contribution in [0.4, 0.5) is 0 Å². The lowest BCUT2D eigenvalue weighted by atomic mass is 9.68. The zero-order valence-corrected chi connectivity index (χ0v) is 11.7. The van der Waals surface area contributed by atoms with Crippen LogP contribution in [0.2, 0.25) is 0 Å². The highest BCUT2D eigenvalue weighted by atomic mass is 35.5. The number of aliphatic carboxylic acids is 1. The predicted octanol–water partition coefficient (Wildman–Crippen LogP) is 2.69. The topological polar surface area (TPSA) is 49.3 Å². The van der Waals surface area contributed by atoms with Crippen LogP contribution >= 0.6 is 12.4 Å². The van der Waals surface area contributed by atoms with Crippen molar-refractivity contribution in [1.82, 2.24) is 5.32 Å². The van der Waals surface area contributed by atoms with Crippen molar-refractivity contribution >= 4 is 18.4 Å². The first kappa shape index (κ1) is 14.8. The Kier molecular flexibility index (Phi) is 4.48. The molecule has 0 amide bonds. The van der Waals surface area contributed by atoms with Gasteiger partial charge in [-0.3, -0.25) is 4.79 Å². The zero-order chi connectivity index (χ0) is 11.9. The maximum Gasteiger partial charge on any atom is 0.320 e. The van der Waals surface area contributed by atoms with Crippen molar-refractivity contribution in [3.8, 4) is 0 Å². The second-order valence-electron chi connectivity index (χ2n) is 6.54. The van der Waals surface area contributed by atoms with Gasteiger partial charge in [0.15, 0.2) is 0 Å². The van der Waals surface area contributed by atoms with Gasteiger partial charge in [0, 0.05) is 6.04 Å². The Labute approximate surface area is 110 Å². The highest BCUT2D eigenvalue weighted by Crippen LogP contribution is 2.43. The Hall–Kier alpha value is -0.280. The molecule has 1 saturated heterocycles. The van der Waals surface area contributed by atoms with Crippen molar-refractivity contribution < 1.29 is 9.90 Å². The maximum absolute atomic E-state index is 11.0. The van der Waals surface area contributed by atoms with Crippen LogP contribution in [-0.4, -0.2) is 23.2 Å². The largest absolute Gasteiger partial charge is 0.480 e. The Bertz CT molecular complexity index is 288. The summed E-state index contributed by atoms with van der Waals surface area (Å²) in [6, 6.07) is 0.161. The summed E-state index contributed by atoms with van der Waals surface area (Å²) in [6.45, 7) is 6.90. The van der Waals surface area contributed by atoms with Crippen molar-refractivity contribution in [1.29, 1.82) is 0 Å². The highest BCUT2D eigenvalue weighted by molar-refractivity contribution is 5.85. The van der Waals surface area contributed by atoms with Crippen LogP contribution in [0.15, 0.2) is 0 Å². The van der Waals surface area contributed by atoms with Crippen molar-refractivity contribution in [3.05, 3.63) is 0 Å². The van der Waals surface area contributed by atoms with Gasteiger partial charge in [-0.15, -0.1) is 12.4 Å². The lowest BCUT2D eigenvalue weighted by Crippen LogP contribution is -2.39. The lowest BCUT2D eigenvalue weighted by Gasteiger charge is -2.39. The molecular weight excluding hydrogens is 238 g/mol. The van der Waals surface area contributed by atoms with Gasteiger partial charge in [-0.1, -0.05) is 20.8 Å². The summed E-state index contributed by atoms with van der Waals surface area (Å²) in [4.78, 5) is 11.0. The molecule has 1 saturated carbocycles. The fourth-order valence-corrected chi connectivity index (χ4v) is 3.33. The molecule has 2 fully saturated rings. The van der Waals surface area contributed by atoms with Gasteiger partial charge in [0.05, 0.1) is 0 Å². The average Bonchev–Trinajstić information content (AvgIpc) is 2.58. The Morgan fingerprint density at radius 1 is 1.24 bits per heavy atom. The summed E-state index contributed by atoms with van der Waals surface area (Å²) in [5, 5.41) is 12.3. The molecule has 0 aromatic heterocycles. The Morgan fingerprint density at radius 3 is 2.41 bits per heavy atom. The normalized spacial score (nSPS) is 37.1. The van der Waals surface area contributed by atoms with Crippen LogP contribution < -0.4 is 5.32 Å². The van der Waals surface area contributed by atoms with Crippen LogP contribution in [0.1, 0.15) is 46.5 Å². The number of carboxylic acids is 1. The van der Waals surface area contributed by atoms with E-state index in [1.165, 1.54) is 12.8 Å². The molecule has 4 unspecified atom stereocenters. The molecule has 0 spiro atoms. The molecule has 1 aliphatic heterocycles. The third-order valence-corrected chi connectivity index (χ3v) is 4.46.